The average molecular weight is 262 g/mol. The molecule has 0 saturated heterocycles. The third-order valence-corrected chi connectivity index (χ3v) is 3.54. The van der Waals surface area contributed by atoms with Crippen LogP contribution in [-0.2, 0) is 9.53 Å². The van der Waals surface area contributed by atoms with E-state index < -0.39 is 0 Å². The van der Waals surface area contributed by atoms with Crippen LogP contribution < -0.4 is 10.6 Å². The number of amides is 1. The summed E-state index contributed by atoms with van der Waals surface area (Å²) in [6, 6.07) is 8.31. The van der Waals surface area contributed by atoms with E-state index in [0.29, 0.717) is 12.1 Å². The monoisotopic (exact) mass is 262 g/mol. The number of rotatable bonds is 4. The predicted octanol–water partition coefficient (Wildman–Crippen LogP) is 3.01. The van der Waals surface area contributed by atoms with Crippen LogP contribution in [-0.4, -0.2) is 25.2 Å². The smallest absolute Gasteiger partial charge is 0.221 e. The van der Waals surface area contributed by atoms with Gasteiger partial charge in [0.1, 0.15) is 0 Å². The fourth-order valence-corrected chi connectivity index (χ4v) is 2.58. The average Bonchev–Trinajstić information content (AvgIpc) is 2.41. The summed E-state index contributed by atoms with van der Waals surface area (Å²) in [6.07, 6.45) is 5.00. The van der Waals surface area contributed by atoms with E-state index in [9.17, 15) is 4.79 Å². The molecule has 0 aliphatic heterocycles. The Morgan fingerprint density at radius 1 is 1.21 bits per heavy atom. The van der Waals surface area contributed by atoms with Crippen LogP contribution in [0.25, 0.3) is 0 Å². The molecular weight excluding hydrogens is 240 g/mol. The molecule has 2 atom stereocenters. The number of carbonyl (C=O) groups excluding carboxylic acids is 1. The number of hydrogen-bond donors (Lipinski definition) is 2. The summed E-state index contributed by atoms with van der Waals surface area (Å²) in [7, 11) is 1.79. The fraction of sp³-hybridized carbons (Fsp3) is 0.533. The topological polar surface area (TPSA) is 50.4 Å². The Balaban J connectivity index is 1.90. The van der Waals surface area contributed by atoms with Gasteiger partial charge in [-0.1, -0.05) is 0 Å². The molecule has 1 saturated carbocycles. The first-order valence-electron chi connectivity index (χ1n) is 6.84. The summed E-state index contributed by atoms with van der Waals surface area (Å²) in [5.41, 5.74) is 1.92. The number of anilines is 2. The van der Waals surface area contributed by atoms with Crippen molar-refractivity contribution in [3.8, 4) is 0 Å². The van der Waals surface area contributed by atoms with Crippen LogP contribution in [0.1, 0.15) is 32.6 Å². The molecule has 2 unspecified atom stereocenters. The van der Waals surface area contributed by atoms with Crippen LogP contribution in [0.4, 0.5) is 11.4 Å². The van der Waals surface area contributed by atoms with Gasteiger partial charge < -0.3 is 15.4 Å². The van der Waals surface area contributed by atoms with Gasteiger partial charge >= 0.3 is 0 Å². The molecule has 1 amide bonds. The van der Waals surface area contributed by atoms with Gasteiger partial charge in [0, 0.05) is 31.5 Å². The number of carbonyl (C=O) groups is 1. The van der Waals surface area contributed by atoms with Gasteiger partial charge in [0.15, 0.2) is 0 Å². The maximum Gasteiger partial charge on any atom is 0.221 e. The maximum atomic E-state index is 10.9. The molecule has 1 aliphatic rings. The lowest BCUT2D eigenvalue weighted by Gasteiger charge is -2.29. The highest BCUT2D eigenvalue weighted by Crippen LogP contribution is 2.24. The van der Waals surface area contributed by atoms with E-state index in [-0.39, 0.29) is 5.91 Å². The molecule has 2 rings (SSSR count). The summed E-state index contributed by atoms with van der Waals surface area (Å²) in [6.45, 7) is 1.51. The van der Waals surface area contributed by atoms with E-state index in [0.717, 1.165) is 24.2 Å². The van der Waals surface area contributed by atoms with E-state index >= 15 is 0 Å². The van der Waals surface area contributed by atoms with Gasteiger partial charge in [0.05, 0.1) is 6.10 Å². The molecule has 104 valence electrons. The van der Waals surface area contributed by atoms with Gasteiger partial charge in [0.25, 0.3) is 0 Å². The minimum atomic E-state index is -0.0454. The first-order valence-corrected chi connectivity index (χ1v) is 6.84. The molecule has 0 radical (unpaired) electrons. The minimum Gasteiger partial charge on any atom is -0.382 e. The van der Waals surface area contributed by atoms with Crippen molar-refractivity contribution in [3.63, 3.8) is 0 Å². The van der Waals surface area contributed by atoms with E-state index in [1.54, 1.807) is 7.11 Å². The summed E-state index contributed by atoms with van der Waals surface area (Å²) in [4.78, 5) is 10.9. The van der Waals surface area contributed by atoms with Crippen LogP contribution in [0.15, 0.2) is 24.3 Å². The van der Waals surface area contributed by atoms with Crippen LogP contribution in [0.2, 0.25) is 0 Å². The van der Waals surface area contributed by atoms with E-state index in [1.165, 1.54) is 19.8 Å². The van der Waals surface area contributed by atoms with E-state index in [4.69, 9.17) is 4.74 Å². The number of hydrogen-bond acceptors (Lipinski definition) is 3. The van der Waals surface area contributed by atoms with Gasteiger partial charge in [-0.15, -0.1) is 0 Å². The summed E-state index contributed by atoms with van der Waals surface area (Å²) in [5, 5.41) is 6.30. The van der Waals surface area contributed by atoms with Crippen molar-refractivity contribution < 1.29 is 9.53 Å². The second kappa shape index (κ2) is 6.57. The molecular formula is C15H22N2O2. The van der Waals surface area contributed by atoms with Crippen molar-refractivity contribution in [2.75, 3.05) is 17.7 Å². The Kier molecular flexibility index (Phi) is 4.80. The molecule has 0 spiro atoms. The van der Waals surface area contributed by atoms with Crippen LogP contribution in [0.5, 0.6) is 0 Å². The largest absolute Gasteiger partial charge is 0.382 e. The Bertz CT molecular complexity index is 417. The summed E-state index contributed by atoms with van der Waals surface area (Å²) < 4.78 is 5.43. The van der Waals surface area contributed by atoms with Crippen molar-refractivity contribution in [3.05, 3.63) is 24.3 Å². The van der Waals surface area contributed by atoms with Crippen molar-refractivity contribution in [2.24, 2.45) is 0 Å². The lowest BCUT2D eigenvalue weighted by atomic mass is 9.92. The fourth-order valence-electron chi connectivity index (χ4n) is 2.58. The minimum absolute atomic E-state index is 0.0454. The molecule has 0 bridgehead atoms. The highest BCUT2D eigenvalue weighted by molar-refractivity contribution is 5.88. The zero-order valence-electron chi connectivity index (χ0n) is 11.6. The molecule has 1 aliphatic carbocycles. The SMILES string of the molecule is COC1CCCC(Nc2ccc(NC(C)=O)cc2)C1. The van der Waals surface area contributed by atoms with Crippen LogP contribution in [0, 0.1) is 0 Å². The van der Waals surface area contributed by atoms with Crippen molar-refractivity contribution in [2.45, 2.75) is 44.8 Å². The number of nitrogens with one attached hydrogen (secondary N) is 2. The molecule has 4 nitrogen and oxygen atoms in total. The molecule has 0 heterocycles. The third-order valence-electron chi connectivity index (χ3n) is 3.54. The highest BCUT2D eigenvalue weighted by Gasteiger charge is 2.21. The Morgan fingerprint density at radius 3 is 2.53 bits per heavy atom. The van der Waals surface area contributed by atoms with Crippen molar-refractivity contribution in [1.29, 1.82) is 0 Å². The van der Waals surface area contributed by atoms with Gasteiger partial charge in [-0.25, -0.2) is 0 Å². The number of methoxy groups -OCH3 is 1. The predicted molar refractivity (Wildman–Crippen MR) is 77.4 cm³/mol. The molecule has 1 aromatic carbocycles. The summed E-state index contributed by atoms with van der Waals surface area (Å²) >= 11 is 0. The van der Waals surface area contributed by atoms with Gasteiger partial charge in [-0.3, -0.25) is 4.79 Å². The molecule has 4 heteroatoms. The lowest BCUT2D eigenvalue weighted by Crippen LogP contribution is -2.30. The Labute approximate surface area is 114 Å². The Hall–Kier alpha value is -1.55. The second-order valence-corrected chi connectivity index (χ2v) is 5.12. The number of benzene rings is 1. The molecule has 1 fully saturated rings. The first-order chi connectivity index (χ1) is 9.17. The second-order valence-electron chi connectivity index (χ2n) is 5.12. The molecule has 0 aromatic heterocycles. The molecule has 1 aromatic rings. The highest BCUT2D eigenvalue weighted by atomic mass is 16.5. The summed E-state index contributed by atoms with van der Waals surface area (Å²) in [5.74, 6) is -0.0454. The first kappa shape index (κ1) is 13.9. The van der Waals surface area contributed by atoms with Gasteiger partial charge in [-0.05, 0) is 49.9 Å². The normalized spacial score (nSPS) is 22.8. The van der Waals surface area contributed by atoms with Crippen LogP contribution >= 0.6 is 0 Å². The molecule has 19 heavy (non-hydrogen) atoms. The third kappa shape index (κ3) is 4.24. The molecule has 2 N–H and O–H groups in total. The van der Waals surface area contributed by atoms with E-state index in [2.05, 4.69) is 10.6 Å². The van der Waals surface area contributed by atoms with Crippen LogP contribution in [0.3, 0.4) is 0 Å². The quantitative estimate of drug-likeness (QED) is 0.877. The van der Waals surface area contributed by atoms with Gasteiger partial charge in [-0.2, -0.15) is 0 Å². The van der Waals surface area contributed by atoms with Gasteiger partial charge in [0.2, 0.25) is 5.91 Å². The van der Waals surface area contributed by atoms with Crippen molar-refractivity contribution >= 4 is 17.3 Å². The van der Waals surface area contributed by atoms with E-state index in [1.807, 2.05) is 24.3 Å². The zero-order chi connectivity index (χ0) is 13.7. The Morgan fingerprint density at radius 2 is 1.89 bits per heavy atom. The number of ether oxygens (including phenoxy) is 1. The lowest BCUT2D eigenvalue weighted by molar-refractivity contribution is -0.114. The van der Waals surface area contributed by atoms with Crippen molar-refractivity contribution in [1.82, 2.24) is 0 Å². The zero-order valence-corrected chi connectivity index (χ0v) is 11.6. The maximum absolute atomic E-state index is 10.9. The standard InChI is InChI=1S/C15H22N2O2/c1-11(18)16-12-6-8-13(9-7-12)17-14-4-3-5-15(10-14)19-2/h6-9,14-15,17H,3-5,10H2,1-2H3,(H,16,18).